The minimum Gasteiger partial charge on any atom is -0.481 e. The van der Waals surface area contributed by atoms with Gasteiger partial charge in [0.1, 0.15) is 17.1 Å². The van der Waals surface area contributed by atoms with Crippen LogP contribution in [0.1, 0.15) is 6.92 Å². The lowest BCUT2D eigenvalue weighted by molar-refractivity contribution is -0.114. The standard InChI is InChI=1S/C22H18N6O2/c1-12(29)27-19-8-13(9-20(28-19)30-2)14-7-17-18(11-26-22(17)25-10-14)15-3-5-23-21-16(15)4-6-24-21/h3-11H,1-2H3,(H,23,24)(H,25,26)(H,27,28,29). The van der Waals surface area contributed by atoms with E-state index in [1.807, 2.05) is 30.6 Å². The van der Waals surface area contributed by atoms with E-state index in [1.165, 1.54) is 6.92 Å². The third-order valence-corrected chi connectivity index (χ3v) is 4.93. The molecule has 0 saturated heterocycles. The minimum atomic E-state index is -0.198. The summed E-state index contributed by atoms with van der Waals surface area (Å²) in [4.78, 5) is 31.1. The molecule has 8 heteroatoms. The van der Waals surface area contributed by atoms with Crippen molar-refractivity contribution in [1.29, 1.82) is 0 Å². The van der Waals surface area contributed by atoms with Crippen LogP contribution >= 0.6 is 0 Å². The van der Waals surface area contributed by atoms with Crippen LogP contribution in [0.3, 0.4) is 0 Å². The van der Waals surface area contributed by atoms with Crippen LogP contribution in [0, 0.1) is 0 Å². The Kier molecular flexibility index (Phi) is 4.17. The summed E-state index contributed by atoms with van der Waals surface area (Å²) in [5.41, 5.74) is 5.46. The molecule has 0 fully saturated rings. The first-order chi connectivity index (χ1) is 14.6. The molecular weight excluding hydrogens is 380 g/mol. The van der Waals surface area contributed by atoms with Crippen LogP contribution in [0.15, 0.2) is 55.1 Å². The number of carbonyl (C=O) groups is 1. The van der Waals surface area contributed by atoms with Crippen LogP contribution in [0.5, 0.6) is 5.88 Å². The first-order valence-corrected chi connectivity index (χ1v) is 9.36. The molecule has 5 aromatic heterocycles. The third kappa shape index (κ3) is 3.04. The Bertz CT molecular complexity index is 1400. The number of methoxy groups -OCH3 is 1. The average molecular weight is 398 g/mol. The summed E-state index contributed by atoms with van der Waals surface area (Å²) < 4.78 is 5.30. The van der Waals surface area contributed by atoms with Gasteiger partial charge in [0.25, 0.3) is 0 Å². The number of hydrogen-bond donors (Lipinski definition) is 3. The summed E-state index contributed by atoms with van der Waals surface area (Å²) in [5, 5.41) is 4.74. The Hall–Kier alpha value is -4.20. The van der Waals surface area contributed by atoms with Gasteiger partial charge in [0.15, 0.2) is 0 Å². The Morgan fingerprint density at radius 1 is 1.00 bits per heavy atom. The van der Waals surface area contributed by atoms with Crippen molar-refractivity contribution in [2.24, 2.45) is 0 Å². The van der Waals surface area contributed by atoms with E-state index in [-0.39, 0.29) is 5.91 Å². The largest absolute Gasteiger partial charge is 0.481 e. The predicted octanol–water partition coefficient (Wildman–Crippen LogP) is 4.14. The number of carbonyl (C=O) groups excluding carboxylic acids is 1. The van der Waals surface area contributed by atoms with Crippen molar-refractivity contribution >= 4 is 33.8 Å². The van der Waals surface area contributed by atoms with Gasteiger partial charge in [0.05, 0.1) is 7.11 Å². The van der Waals surface area contributed by atoms with Gasteiger partial charge in [-0.2, -0.15) is 4.98 Å². The van der Waals surface area contributed by atoms with E-state index in [0.29, 0.717) is 11.7 Å². The van der Waals surface area contributed by atoms with E-state index in [1.54, 1.807) is 25.6 Å². The Balaban J connectivity index is 1.67. The normalized spacial score (nSPS) is 11.1. The fourth-order valence-corrected chi connectivity index (χ4v) is 3.60. The molecule has 8 nitrogen and oxygen atoms in total. The number of aromatic nitrogens is 5. The summed E-state index contributed by atoms with van der Waals surface area (Å²) in [5.74, 6) is 0.639. The lowest BCUT2D eigenvalue weighted by atomic mass is 10.0. The molecule has 0 atom stereocenters. The number of rotatable bonds is 4. The van der Waals surface area contributed by atoms with Gasteiger partial charge in [-0.25, -0.2) is 9.97 Å². The Morgan fingerprint density at radius 2 is 1.87 bits per heavy atom. The molecule has 3 N–H and O–H groups in total. The van der Waals surface area contributed by atoms with Crippen molar-refractivity contribution in [3.63, 3.8) is 0 Å². The molecule has 5 aromatic rings. The van der Waals surface area contributed by atoms with Crippen molar-refractivity contribution in [3.05, 3.63) is 55.1 Å². The summed E-state index contributed by atoms with van der Waals surface area (Å²) in [6.07, 6.45) is 7.41. The lowest BCUT2D eigenvalue weighted by Gasteiger charge is -2.09. The number of nitrogens with one attached hydrogen (secondary N) is 3. The highest BCUT2D eigenvalue weighted by Gasteiger charge is 2.14. The van der Waals surface area contributed by atoms with Gasteiger partial charge in [-0.1, -0.05) is 0 Å². The molecule has 0 spiro atoms. The number of hydrogen-bond acceptors (Lipinski definition) is 5. The smallest absolute Gasteiger partial charge is 0.222 e. The van der Waals surface area contributed by atoms with Gasteiger partial charge in [0, 0.05) is 59.7 Å². The van der Waals surface area contributed by atoms with Crippen LogP contribution < -0.4 is 10.1 Å². The Morgan fingerprint density at radius 3 is 2.70 bits per heavy atom. The molecule has 0 saturated carbocycles. The molecule has 5 heterocycles. The first-order valence-electron chi connectivity index (χ1n) is 9.36. The zero-order valence-electron chi connectivity index (χ0n) is 16.4. The molecule has 0 unspecified atom stereocenters. The molecule has 0 aliphatic carbocycles. The molecule has 0 bridgehead atoms. The van der Waals surface area contributed by atoms with Crippen LogP contribution in [-0.2, 0) is 4.79 Å². The molecule has 0 aromatic carbocycles. The van der Waals surface area contributed by atoms with Gasteiger partial charge in [-0.15, -0.1) is 0 Å². The highest BCUT2D eigenvalue weighted by atomic mass is 16.5. The van der Waals surface area contributed by atoms with E-state index in [9.17, 15) is 4.79 Å². The molecule has 0 radical (unpaired) electrons. The maximum atomic E-state index is 11.5. The highest BCUT2D eigenvalue weighted by molar-refractivity contribution is 6.03. The molecule has 148 valence electrons. The molecule has 5 rings (SSSR count). The van der Waals surface area contributed by atoms with Gasteiger partial charge in [-0.3, -0.25) is 4.79 Å². The van der Waals surface area contributed by atoms with Gasteiger partial charge >= 0.3 is 0 Å². The quantitative estimate of drug-likeness (QED) is 0.422. The van der Waals surface area contributed by atoms with E-state index in [0.717, 1.165) is 44.3 Å². The number of ether oxygens (including phenoxy) is 1. The van der Waals surface area contributed by atoms with E-state index in [4.69, 9.17) is 4.74 Å². The zero-order valence-corrected chi connectivity index (χ0v) is 16.4. The Labute approximate surface area is 171 Å². The van der Waals surface area contributed by atoms with Crippen molar-refractivity contribution < 1.29 is 9.53 Å². The maximum absolute atomic E-state index is 11.5. The number of H-pyrrole nitrogens is 2. The fourth-order valence-electron chi connectivity index (χ4n) is 3.60. The number of fused-ring (bicyclic) bond motifs is 2. The molecular formula is C22H18N6O2. The lowest BCUT2D eigenvalue weighted by Crippen LogP contribution is -2.08. The number of anilines is 1. The summed E-state index contributed by atoms with van der Waals surface area (Å²) in [6.45, 7) is 1.44. The third-order valence-electron chi connectivity index (χ3n) is 4.93. The second kappa shape index (κ2) is 7.00. The number of pyridine rings is 3. The highest BCUT2D eigenvalue weighted by Crippen LogP contribution is 2.35. The number of nitrogens with zero attached hydrogens (tertiary/aromatic N) is 3. The maximum Gasteiger partial charge on any atom is 0.222 e. The van der Waals surface area contributed by atoms with Crippen molar-refractivity contribution in [2.75, 3.05) is 12.4 Å². The second-order valence-electron chi connectivity index (χ2n) is 6.89. The van der Waals surface area contributed by atoms with Gasteiger partial charge in [0.2, 0.25) is 11.8 Å². The topological polar surface area (TPSA) is 109 Å². The van der Waals surface area contributed by atoms with E-state index >= 15 is 0 Å². The molecule has 0 aliphatic heterocycles. The monoisotopic (exact) mass is 398 g/mol. The van der Waals surface area contributed by atoms with Gasteiger partial charge < -0.3 is 20.0 Å². The van der Waals surface area contributed by atoms with E-state index < -0.39 is 0 Å². The van der Waals surface area contributed by atoms with Crippen LogP contribution in [0.2, 0.25) is 0 Å². The summed E-state index contributed by atoms with van der Waals surface area (Å²) in [7, 11) is 1.54. The van der Waals surface area contributed by atoms with Crippen LogP contribution in [0.25, 0.3) is 44.3 Å². The van der Waals surface area contributed by atoms with Crippen LogP contribution in [-0.4, -0.2) is 37.9 Å². The number of aromatic amines is 2. The minimum absolute atomic E-state index is 0.198. The van der Waals surface area contributed by atoms with Crippen LogP contribution in [0.4, 0.5) is 5.82 Å². The first kappa shape index (κ1) is 17.9. The van der Waals surface area contributed by atoms with Crippen molar-refractivity contribution in [2.45, 2.75) is 6.92 Å². The molecule has 30 heavy (non-hydrogen) atoms. The zero-order chi connectivity index (χ0) is 20.7. The number of amides is 1. The summed E-state index contributed by atoms with van der Waals surface area (Å²) in [6, 6.07) is 9.70. The van der Waals surface area contributed by atoms with Crippen molar-refractivity contribution in [3.8, 4) is 28.1 Å². The second-order valence-corrected chi connectivity index (χ2v) is 6.89. The summed E-state index contributed by atoms with van der Waals surface area (Å²) >= 11 is 0. The van der Waals surface area contributed by atoms with Crippen molar-refractivity contribution in [1.82, 2.24) is 24.9 Å². The predicted molar refractivity (Wildman–Crippen MR) is 115 cm³/mol. The SMILES string of the molecule is COc1cc(-c2cnc3[nH]cc(-c4ccnc5[nH]ccc45)c3c2)cc(NC(C)=O)n1. The van der Waals surface area contributed by atoms with E-state index in [2.05, 4.69) is 36.3 Å². The fraction of sp³-hybridized carbons (Fsp3) is 0.0909. The molecule has 0 aliphatic rings. The average Bonchev–Trinajstić information content (AvgIpc) is 3.39. The molecule has 1 amide bonds. The van der Waals surface area contributed by atoms with Gasteiger partial charge in [-0.05, 0) is 35.4 Å².